The minimum atomic E-state index is 0.825. The van der Waals surface area contributed by atoms with E-state index < -0.39 is 0 Å². The first-order valence-corrected chi connectivity index (χ1v) is 4.58. The van der Waals surface area contributed by atoms with Crippen LogP contribution in [0.5, 0.6) is 0 Å². The lowest BCUT2D eigenvalue weighted by atomic mass is 10.2. The van der Waals surface area contributed by atoms with Crippen molar-refractivity contribution >= 4 is 6.08 Å². The maximum atomic E-state index is 5.43. The Hall–Kier alpha value is -1.44. The zero-order valence-electron chi connectivity index (χ0n) is 7.49. The lowest BCUT2D eigenvalue weighted by Crippen LogP contribution is -2.24. The van der Waals surface area contributed by atoms with Gasteiger partial charge in [0.1, 0.15) is 0 Å². The highest BCUT2D eigenvalue weighted by Crippen LogP contribution is 2.08. The number of benzene rings is 1. The van der Waals surface area contributed by atoms with Crippen LogP contribution in [0.25, 0.3) is 6.08 Å². The summed E-state index contributed by atoms with van der Waals surface area (Å²) < 4.78 is 5.43. The molecule has 1 heterocycles. The van der Waals surface area contributed by atoms with Crippen molar-refractivity contribution in [2.45, 2.75) is 6.42 Å². The van der Waals surface area contributed by atoms with Gasteiger partial charge in [-0.2, -0.15) is 0 Å². The van der Waals surface area contributed by atoms with Gasteiger partial charge in [0, 0.05) is 12.6 Å². The van der Waals surface area contributed by atoms with E-state index in [0.717, 1.165) is 25.5 Å². The number of hydrogen-bond donors (Lipinski definition) is 1. The van der Waals surface area contributed by atoms with Crippen LogP contribution < -0.4 is 5.32 Å². The summed E-state index contributed by atoms with van der Waals surface area (Å²) in [7, 11) is 0. The molecule has 0 unspecified atom stereocenters. The Bertz CT molecular complexity index is 284. The van der Waals surface area contributed by atoms with Crippen LogP contribution in [0, 0.1) is 0 Å². The van der Waals surface area contributed by atoms with Crippen LogP contribution >= 0.6 is 0 Å². The molecule has 1 saturated heterocycles. The molecule has 2 rings (SSSR count). The van der Waals surface area contributed by atoms with Crippen molar-refractivity contribution in [3.05, 3.63) is 41.8 Å². The van der Waals surface area contributed by atoms with Crippen molar-refractivity contribution in [3.8, 4) is 0 Å². The number of nitrogens with one attached hydrogen (secondary N) is 1. The highest BCUT2D eigenvalue weighted by molar-refractivity contribution is 5.50. The van der Waals surface area contributed by atoms with Crippen LogP contribution in [0.4, 0.5) is 0 Å². The summed E-state index contributed by atoms with van der Waals surface area (Å²) in [6, 6.07) is 10.2. The van der Waals surface area contributed by atoms with Gasteiger partial charge >= 0.3 is 0 Å². The fourth-order valence-electron chi connectivity index (χ4n) is 1.31. The maximum absolute atomic E-state index is 5.43. The Balaban J connectivity index is 2.10. The Morgan fingerprint density at radius 1 is 1.23 bits per heavy atom. The molecule has 1 aromatic rings. The average Bonchev–Trinajstić information content (AvgIpc) is 2.21. The molecule has 1 aromatic carbocycles. The summed E-state index contributed by atoms with van der Waals surface area (Å²) in [6.07, 6.45) is 3.12. The third-order valence-electron chi connectivity index (χ3n) is 1.98. The minimum Gasteiger partial charge on any atom is -0.479 e. The van der Waals surface area contributed by atoms with Crippen molar-refractivity contribution in [2.24, 2.45) is 0 Å². The van der Waals surface area contributed by atoms with Gasteiger partial charge in [-0.15, -0.1) is 0 Å². The molecule has 0 amide bonds. The predicted molar refractivity (Wildman–Crippen MR) is 53.0 cm³/mol. The monoisotopic (exact) mass is 175 g/mol. The molecule has 0 aliphatic carbocycles. The lowest BCUT2D eigenvalue weighted by Gasteiger charge is -2.17. The second-order valence-corrected chi connectivity index (χ2v) is 3.05. The van der Waals surface area contributed by atoms with E-state index in [-0.39, 0.29) is 0 Å². The van der Waals surface area contributed by atoms with Crippen molar-refractivity contribution in [3.63, 3.8) is 0 Å². The highest BCUT2D eigenvalue weighted by Gasteiger charge is 2.03. The summed E-state index contributed by atoms with van der Waals surface area (Å²) in [5.41, 5.74) is 1.17. The molecule has 0 radical (unpaired) electrons. The molecular weight excluding hydrogens is 162 g/mol. The first-order valence-electron chi connectivity index (χ1n) is 4.58. The number of ether oxygens (including phenoxy) is 1. The number of rotatable bonds is 1. The van der Waals surface area contributed by atoms with Crippen LogP contribution in [0.1, 0.15) is 12.0 Å². The molecule has 1 fully saturated rings. The Kier molecular flexibility index (Phi) is 2.51. The molecule has 1 aliphatic heterocycles. The molecule has 0 aromatic heterocycles. The smallest absolute Gasteiger partial charge is 0.187 e. The molecule has 68 valence electrons. The Labute approximate surface area is 78.2 Å². The normalized spacial score (nSPS) is 19.2. The highest BCUT2D eigenvalue weighted by atomic mass is 16.5. The first kappa shape index (κ1) is 8.17. The summed E-state index contributed by atoms with van der Waals surface area (Å²) in [4.78, 5) is 0. The standard InChI is InChI=1S/C11H13NO/c1-2-5-10(6-3-1)9-11-12-7-4-8-13-11/h1-3,5-6,9,12H,4,7-8H2/b11-9-. The zero-order chi connectivity index (χ0) is 8.93. The quantitative estimate of drug-likeness (QED) is 0.704. The minimum absolute atomic E-state index is 0.825. The zero-order valence-corrected chi connectivity index (χ0v) is 7.49. The van der Waals surface area contributed by atoms with Gasteiger partial charge in [0.15, 0.2) is 5.88 Å². The summed E-state index contributed by atoms with van der Waals surface area (Å²) in [5.74, 6) is 0.887. The first-order chi connectivity index (χ1) is 6.45. The third kappa shape index (κ3) is 2.25. The van der Waals surface area contributed by atoms with E-state index in [1.54, 1.807) is 0 Å². The van der Waals surface area contributed by atoms with Crippen molar-refractivity contribution in [1.29, 1.82) is 0 Å². The Morgan fingerprint density at radius 2 is 2.08 bits per heavy atom. The maximum Gasteiger partial charge on any atom is 0.187 e. The SMILES string of the molecule is C(=C1\NCCCO1)/c1ccccc1. The van der Waals surface area contributed by atoms with Gasteiger partial charge in [-0.25, -0.2) is 0 Å². The number of hydrogen-bond acceptors (Lipinski definition) is 2. The lowest BCUT2D eigenvalue weighted by molar-refractivity contribution is 0.161. The van der Waals surface area contributed by atoms with Gasteiger partial charge in [-0.05, 0) is 12.0 Å². The van der Waals surface area contributed by atoms with E-state index >= 15 is 0 Å². The van der Waals surface area contributed by atoms with Gasteiger partial charge < -0.3 is 10.1 Å². The second-order valence-electron chi connectivity index (χ2n) is 3.05. The van der Waals surface area contributed by atoms with Crippen LogP contribution in [0.3, 0.4) is 0 Å². The Morgan fingerprint density at radius 3 is 2.77 bits per heavy atom. The van der Waals surface area contributed by atoms with E-state index in [1.165, 1.54) is 5.56 Å². The molecule has 2 heteroatoms. The van der Waals surface area contributed by atoms with Crippen LogP contribution in [0.15, 0.2) is 36.2 Å². The van der Waals surface area contributed by atoms with Crippen LogP contribution in [0.2, 0.25) is 0 Å². The molecule has 0 saturated carbocycles. The van der Waals surface area contributed by atoms with E-state index in [2.05, 4.69) is 17.4 Å². The second kappa shape index (κ2) is 3.99. The van der Waals surface area contributed by atoms with Gasteiger partial charge in [0.25, 0.3) is 0 Å². The summed E-state index contributed by atoms with van der Waals surface area (Å²) in [6.45, 7) is 1.84. The van der Waals surface area contributed by atoms with Crippen LogP contribution in [-0.2, 0) is 4.74 Å². The van der Waals surface area contributed by atoms with Gasteiger partial charge in [0.05, 0.1) is 6.61 Å². The molecule has 1 aliphatic rings. The van der Waals surface area contributed by atoms with Crippen LogP contribution in [-0.4, -0.2) is 13.2 Å². The topological polar surface area (TPSA) is 21.3 Å². The fraction of sp³-hybridized carbons (Fsp3) is 0.273. The van der Waals surface area contributed by atoms with E-state index in [1.807, 2.05) is 24.3 Å². The molecule has 0 bridgehead atoms. The molecule has 0 spiro atoms. The van der Waals surface area contributed by atoms with E-state index in [9.17, 15) is 0 Å². The van der Waals surface area contributed by atoms with Crippen molar-refractivity contribution in [1.82, 2.24) is 5.32 Å². The summed E-state index contributed by atoms with van der Waals surface area (Å²) in [5, 5.41) is 3.21. The third-order valence-corrected chi connectivity index (χ3v) is 1.98. The van der Waals surface area contributed by atoms with E-state index in [4.69, 9.17) is 4.74 Å². The van der Waals surface area contributed by atoms with Gasteiger partial charge in [-0.3, -0.25) is 0 Å². The fourth-order valence-corrected chi connectivity index (χ4v) is 1.31. The molecule has 1 N–H and O–H groups in total. The van der Waals surface area contributed by atoms with Crippen molar-refractivity contribution < 1.29 is 4.74 Å². The van der Waals surface area contributed by atoms with Gasteiger partial charge in [-0.1, -0.05) is 30.3 Å². The largest absolute Gasteiger partial charge is 0.479 e. The molecule has 13 heavy (non-hydrogen) atoms. The average molecular weight is 175 g/mol. The molecule has 2 nitrogen and oxygen atoms in total. The molecular formula is C11H13NO. The van der Waals surface area contributed by atoms with E-state index in [0.29, 0.717) is 0 Å². The predicted octanol–water partition coefficient (Wildman–Crippen LogP) is 1.99. The van der Waals surface area contributed by atoms with Gasteiger partial charge in [0.2, 0.25) is 0 Å². The van der Waals surface area contributed by atoms with Crippen molar-refractivity contribution in [2.75, 3.05) is 13.2 Å². The molecule has 0 atom stereocenters. The summed E-state index contributed by atoms with van der Waals surface area (Å²) >= 11 is 0.